The van der Waals surface area contributed by atoms with Crippen molar-refractivity contribution in [3.63, 3.8) is 0 Å². The molecule has 32 heavy (non-hydrogen) atoms. The standard InChI is InChI=1S/C24H23N3O5/c1-25-19-8-4-3-7-18(19)24(30)32-15-22(28)26-17-13-11-16(12-14-17)23(29)27-20-9-5-6-10-21(20)31-2/h3-14,25H,15H2,1-2H3,(H,26,28)(H,27,29). The van der Waals surface area contributed by atoms with Crippen molar-refractivity contribution in [1.82, 2.24) is 0 Å². The van der Waals surface area contributed by atoms with Crippen LogP contribution in [0.5, 0.6) is 5.75 Å². The maximum Gasteiger partial charge on any atom is 0.340 e. The van der Waals surface area contributed by atoms with Gasteiger partial charge in [-0.25, -0.2) is 4.79 Å². The molecule has 0 saturated heterocycles. The van der Waals surface area contributed by atoms with Crippen molar-refractivity contribution < 1.29 is 23.9 Å². The van der Waals surface area contributed by atoms with Crippen LogP contribution >= 0.6 is 0 Å². The fourth-order valence-corrected chi connectivity index (χ4v) is 2.93. The monoisotopic (exact) mass is 433 g/mol. The second kappa shape index (κ2) is 10.6. The van der Waals surface area contributed by atoms with Gasteiger partial charge in [0.1, 0.15) is 5.75 Å². The highest BCUT2D eigenvalue weighted by Crippen LogP contribution is 2.24. The van der Waals surface area contributed by atoms with Crippen LogP contribution in [0.3, 0.4) is 0 Å². The van der Waals surface area contributed by atoms with E-state index in [1.54, 1.807) is 73.8 Å². The molecule has 3 rings (SSSR count). The Hall–Kier alpha value is -4.33. The van der Waals surface area contributed by atoms with E-state index in [1.165, 1.54) is 7.11 Å². The third-order valence-electron chi connectivity index (χ3n) is 4.54. The Labute approximate surface area is 185 Å². The molecule has 0 radical (unpaired) electrons. The number of carbonyl (C=O) groups is 3. The van der Waals surface area contributed by atoms with Gasteiger partial charge >= 0.3 is 5.97 Å². The largest absolute Gasteiger partial charge is 0.495 e. The summed E-state index contributed by atoms with van der Waals surface area (Å²) >= 11 is 0. The Kier molecular flexibility index (Phi) is 7.42. The number of benzene rings is 3. The van der Waals surface area contributed by atoms with Gasteiger partial charge in [-0.2, -0.15) is 0 Å². The average Bonchev–Trinajstić information content (AvgIpc) is 2.83. The minimum atomic E-state index is -0.603. The number of hydrogen-bond acceptors (Lipinski definition) is 6. The first-order chi connectivity index (χ1) is 15.5. The molecule has 0 fully saturated rings. The summed E-state index contributed by atoms with van der Waals surface area (Å²) in [7, 11) is 3.22. The van der Waals surface area contributed by atoms with Crippen LogP contribution in [0.4, 0.5) is 17.1 Å². The van der Waals surface area contributed by atoms with Gasteiger partial charge in [-0.05, 0) is 48.5 Å². The number of hydrogen-bond donors (Lipinski definition) is 3. The Morgan fingerprint density at radius 3 is 2.16 bits per heavy atom. The minimum Gasteiger partial charge on any atom is -0.495 e. The van der Waals surface area contributed by atoms with Crippen molar-refractivity contribution in [2.75, 3.05) is 36.7 Å². The van der Waals surface area contributed by atoms with Gasteiger partial charge in [0.15, 0.2) is 6.61 Å². The lowest BCUT2D eigenvalue weighted by atomic mass is 10.2. The summed E-state index contributed by atoms with van der Waals surface area (Å²) in [5.41, 5.74) is 2.38. The molecular formula is C24H23N3O5. The summed E-state index contributed by atoms with van der Waals surface area (Å²) in [6, 6.07) is 20.3. The highest BCUT2D eigenvalue weighted by atomic mass is 16.5. The number of carbonyl (C=O) groups excluding carboxylic acids is 3. The van der Waals surface area contributed by atoms with Gasteiger partial charge in [0.05, 0.1) is 18.4 Å². The molecule has 0 aliphatic carbocycles. The van der Waals surface area contributed by atoms with Crippen molar-refractivity contribution in [2.24, 2.45) is 0 Å². The third kappa shape index (κ3) is 5.63. The summed E-state index contributed by atoms with van der Waals surface area (Å²) in [5, 5.41) is 8.31. The number of methoxy groups -OCH3 is 1. The van der Waals surface area contributed by atoms with Crippen LogP contribution in [0, 0.1) is 0 Å². The van der Waals surface area contributed by atoms with E-state index >= 15 is 0 Å². The zero-order valence-corrected chi connectivity index (χ0v) is 17.7. The van der Waals surface area contributed by atoms with E-state index in [0.29, 0.717) is 33.9 Å². The lowest BCUT2D eigenvalue weighted by Gasteiger charge is -2.11. The summed E-state index contributed by atoms with van der Waals surface area (Å²) in [6.45, 7) is -0.438. The van der Waals surface area contributed by atoms with Gasteiger partial charge in [0.25, 0.3) is 11.8 Å². The van der Waals surface area contributed by atoms with Crippen LogP contribution in [0.25, 0.3) is 0 Å². The predicted octanol–water partition coefficient (Wildman–Crippen LogP) is 3.78. The lowest BCUT2D eigenvalue weighted by Crippen LogP contribution is -2.21. The molecule has 0 spiro atoms. The number of para-hydroxylation sites is 3. The van der Waals surface area contributed by atoms with Gasteiger partial charge < -0.3 is 25.4 Å². The van der Waals surface area contributed by atoms with Gasteiger partial charge in [0.2, 0.25) is 0 Å². The molecule has 0 aliphatic rings. The average molecular weight is 433 g/mol. The second-order valence-electron chi connectivity index (χ2n) is 6.65. The lowest BCUT2D eigenvalue weighted by molar-refractivity contribution is -0.119. The van der Waals surface area contributed by atoms with Crippen LogP contribution in [0.15, 0.2) is 72.8 Å². The minimum absolute atomic E-state index is 0.315. The molecule has 0 atom stereocenters. The highest BCUT2D eigenvalue weighted by molar-refractivity contribution is 6.05. The van der Waals surface area contributed by atoms with Crippen molar-refractivity contribution in [3.05, 3.63) is 83.9 Å². The molecule has 3 aromatic rings. The number of anilines is 3. The first kappa shape index (κ1) is 22.4. The van der Waals surface area contributed by atoms with Crippen LogP contribution in [0.2, 0.25) is 0 Å². The SMILES string of the molecule is CNc1ccccc1C(=O)OCC(=O)Nc1ccc(C(=O)Nc2ccccc2OC)cc1. The van der Waals surface area contributed by atoms with Crippen LogP contribution < -0.4 is 20.7 Å². The van der Waals surface area contributed by atoms with Crippen LogP contribution in [0.1, 0.15) is 20.7 Å². The van der Waals surface area contributed by atoms with Crippen LogP contribution in [-0.4, -0.2) is 38.5 Å². The molecule has 0 aromatic heterocycles. The first-order valence-corrected chi connectivity index (χ1v) is 9.80. The normalized spacial score (nSPS) is 10.1. The summed E-state index contributed by atoms with van der Waals surface area (Å²) in [4.78, 5) is 36.8. The Bertz CT molecular complexity index is 1110. The molecule has 0 aliphatic heterocycles. The van der Waals surface area contributed by atoms with E-state index in [2.05, 4.69) is 16.0 Å². The van der Waals surface area contributed by atoms with E-state index in [-0.39, 0.29) is 5.91 Å². The van der Waals surface area contributed by atoms with Gasteiger partial charge in [-0.3, -0.25) is 9.59 Å². The Morgan fingerprint density at radius 2 is 1.47 bits per heavy atom. The maximum atomic E-state index is 12.5. The molecule has 0 saturated carbocycles. The molecule has 8 heteroatoms. The first-order valence-electron chi connectivity index (χ1n) is 9.80. The molecule has 2 amide bonds. The summed E-state index contributed by atoms with van der Waals surface area (Å²) in [6.07, 6.45) is 0. The number of nitrogens with one attached hydrogen (secondary N) is 3. The molecule has 8 nitrogen and oxygen atoms in total. The maximum absolute atomic E-state index is 12.5. The third-order valence-corrected chi connectivity index (χ3v) is 4.54. The van der Waals surface area contributed by atoms with Crippen molar-refractivity contribution in [2.45, 2.75) is 0 Å². The van der Waals surface area contributed by atoms with Gasteiger partial charge in [-0.15, -0.1) is 0 Å². The smallest absolute Gasteiger partial charge is 0.340 e. The van der Waals surface area contributed by atoms with Crippen molar-refractivity contribution >= 4 is 34.8 Å². The van der Waals surface area contributed by atoms with Crippen molar-refractivity contribution in [3.8, 4) is 5.75 Å². The Morgan fingerprint density at radius 1 is 0.812 bits per heavy atom. The highest BCUT2D eigenvalue weighted by Gasteiger charge is 2.14. The number of amides is 2. The molecule has 3 aromatic carbocycles. The molecule has 0 heterocycles. The van der Waals surface area contributed by atoms with Gasteiger partial charge in [-0.1, -0.05) is 24.3 Å². The van der Waals surface area contributed by atoms with E-state index in [1.807, 2.05) is 6.07 Å². The van der Waals surface area contributed by atoms with Gasteiger partial charge in [0, 0.05) is 24.0 Å². The molecule has 3 N–H and O–H groups in total. The van der Waals surface area contributed by atoms with E-state index in [0.717, 1.165) is 0 Å². The quantitative estimate of drug-likeness (QED) is 0.467. The van der Waals surface area contributed by atoms with E-state index < -0.39 is 18.5 Å². The fourth-order valence-electron chi connectivity index (χ4n) is 2.93. The predicted molar refractivity (Wildman–Crippen MR) is 122 cm³/mol. The fraction of sp³-hybridized carbons (Fsp3) is 0.125. The second-order valence-corrected chi connectivity index (χ2v) is 6.65. The summed E-state index contributed by atoms with van der Waals surface area (Å²) < 4.78 is 10.3. The summed E-state index contributed by atoms with van der Waals surface area (Å²) in [5.74, 6) is -0.860. The number of rotatable bonds is 8. The van der Waals surface area contributed by atoms with E-state index in [4.69, 9.17) is 9.47 Å². The molecule has 0 bridgehead atoms. The van der Waals surface area contributed by atoms with E-state index in [9.17, 15) is 14.4 Å². The zero-order chi connectivity index (χ0) is 22.9. The molecule has 164 valence electrons. The molecule has 0 unspecified atom stereocenters. The van der Waals surface area contributed by atoms with Crippen LogP contribution in [-0.2, 0) is 9.53 Å². The van der Waals surface area contributed by atoms with Crippen molar-refractivity contribution in [1.29, 1.82) is 0 Å². The number of esters is 1. The zero-order valence-electron chi connectivity index (χ0n) is 17.7. The molecular weight excluding hydrogens is 410 g/mol. The topological polar surface area (TPSA) is 106 Å². The number of ether oxygens (including phenoxy) is 2. The Balaban J connectivity index is 1.54.